The number of likely N-dealkylation sites (tertiary alicyclic amines) is 1. The molecule has 1 heterocycles. The van der Waals surface area contributed by atoms with E-state index in [4.69, 9.17) is 17.3 Å². The smallest absolute Gasteiger partial charge is 0.251 e. The molecule has 1 aromatic carbocycles. The van der Waals surface area contributed by atoms with Crippen LogP contribution in [0, 0.1) is 0 Å². The molecule has 6 heteroatoms. The number of carbonyl (C=O) groups is 2. The van der Waals surface area contributed by atoms with Crippen LogP contribution in [0.25, 0.3) is 0 Å². The van der Waals surface area contributed by atoms with Crippen molar-refractivity contribution < 1.29 is 9.59 Å². The molecule has 0 saturated carbocycles. The van der Waals surface area contributed by atoms with Gasteiger partial charge in [-0.25, -0.2) is 0 Å². The number of nitrogens with two attached hydrogens (primary N) is 1. The standard InChI is InChI=1S/C18H26ClN3O2/c1-13(20)16-5-2-3-12-22(16)17(23)6-4-11-21-18(24)14-7-9-15(19)10-8-14/h7-10,13,16H,2-6,11-12,20H2,1H3,(H,21,24). The average Bonchev–Trinajstić information content (AvgIpc) is 2.58. The van der Waals surface area contributed by atoms with Gasteiger partial charge in [0.25, 0.3) is 5.91 Å². The Labute approximate surface area is 148 Å². The molecule has 0 bridgehead atoms. The number of halogens is 1. The molecular weight excluding hydrogens is 326 g/mol. The molecule has 24 heavy (non-hydrogen) atoms. The number of carbonyl (C=O) groups excluding carboxylic acids is 2. The van der Waals surface area contributed by atoms with Crippen LogP contribution in [0.1, 0.15) is 49.4 Å². The number of nitrogens with one attached hydrogen (secondary N) is 1. The lowest BCUT2D eigenvalue weighted by Gasteiger charge is -2.38. The van der Waals surface area contributed by atoms with Gasteiger partial charge in [0.05, 0.1) is 0 Å². The minimum Gasteiger partial charge on any atom is -0.352 e. The van der Waals surface area contributed by atoms with E-state index >= 15 is 0 Å². The number of hydrogen-bond acceptors (Lipinski definition) is 3. The molecule has 0 aliphatic carbocycles. The van der Waals surface area contributed by atoms with Gasteiger partial charge in [-0.3, -0.25) is 9.59 Å². The third-order valence-electron chi connectivity index (χ3n) is 4.44. The summed E-state index contributed by atoms with van der Waals surface area (Å²) in [5.41, 5.74) is 6.57. The molecule has 3 N–H and O–H groups in total. The van der Waals surface area contributed by atoms with Crippen LogP contribution < -0.4 is 11.1 Å². The zero-order valence-corrected chi connectivity index (χ0v) is 14.9. The molecule has 0 spiro atoms. The monoisotopic (exact) mass is 351 g/mol. The van der Waals surface area contributed by atoms with Crippen LogP contribution >= 0.6 is 11.6 Å². The molecule has 0 aromatic heterocycles. The summed E-state index contributed by atoms with van der Waals surface area (Å²) in [6.45, 7) is 3.23. The summed E-state index contributed by atoms with van der Waals surface area (Å²) in [5.74, 6) is -0.0108. The largest absolute Gasteiger partial charge is 0.352 e. The molecule has 1 aliphatic rings. The van der Waals surface area contributed by atoms with E-state index in [2.05, 4.69) is 5.32 Å². The highest BCUT2D eigenvalue weighted by Gasteiger charge is 2.28. The summed E-state index contributed by atoms with van der Waals surface area (Å²) >= 11 is 5.80. The maximum Gasteiger partial charge on any atom is 0.251 e. The number of hydrogen-bond donors (Lipinski definition) is 2. The van der Waals surface area contributed by atoms with Crippen molar-refractivity contribution in [2.75, 3.05) is 13.1 Å². The maximum absolute atomic E-state index is 12.4. The first kappa shape index (κ1) is 18.7. The summed E-state index contributed by atoms with van der Waals surface area (Å²) in [6.07, 6.45) is 4.22. The lowest BCUT2D eigenvalue weighted by molar-refractivity contribution is -0.135. The molecule has 5 nitrogen and oxygen atoms in total. The molecule has 2 amide bonds. The lowest BCUT2D eigenvalue weighted by atomic mass is 9.96. The molecule has 2 unspecified atom stereocenters. The van der Waals surface area contributed by atoms with Crippen molar-refractivity contribution in [3.8, 4) is 0 Å². The van der Waals surface area contributed by atoms with Gasteiger partial charge in [-0.15, -0.1) is 0 Å². The molecule has 1 aliphatic heterocycles. The molecule has 2 rings (SSSR count). The minimum absolute atomic E-state index is 0.00106. The van der Waals surface area contributed by atoms with E-state index in [1.807, 2.05) is 11.8 Å². The first-order valence-electron chi connectivity index (χ1n) is 8.58. The second-order valence-corrected chi connectivity index (χ2v) is 6.81. The van der Waals surface area contributed by atoms with Gasteiger partial charge in [0.15, 0.2) is 0 Å². The Bertz CT molecular complexity index is 560. The average molecular weight is 352 g/mol. The van der Waals surface area contributed by atoms with Gasteiger partial charge in [-0.1, -0.05) is 11.6 Å². The lowest BCUT2D eigenvalue weighted by Crippen LogP contribution is -2.51. The summed E-state index contributed by atoms with van der Waals surface area (Å²) < 4.78 is 0. The second-order valence-electron chi connectivity index (χ2n) is 6.38. The highest BCUT2D eigenvalue weighted by Crippen LogP contribution is 2.20. The normalized spacial score (nSPS) is 19.0. The molecule has 132 valence electrons. The fraction of sp³-hybridized carbons (Fsp3) is 0.556. The Morgan fingerprint density at radius 1 is 1.33 bits per heavy atom. The molecule has 1 fully saturated rings. The van der Waals surface area contributed by atoms with Crippen molar-refractivity contribution >= 4 is 23.4 Å². The predicted molar refractivity (Wildman–Crippen MR) is 96.0 cm³/mol. The molecular formula is C18H26ClN3O2. The fourth-order valence-corrected chi connectivity index (χ4v) is 3.23. The van der Waals surface area contributed by atoms with Crippen molar-refractivity contribution in [1.82, 2.24) is 10.2 Å². The van der Waals surface area contributed by atoms with Crippen LogP contribution in [-0.4, -0.2) is 41.9 Å². The van der Waals surface area contributed by atoms with Crippen molar-refractivity contribution in [3.05, 3.63) is 34.9 Å². The van der Waals surface area contributed by atoms with Gasteiger partial charge in [0.2, 0.25) is 5.91 Å². The SMILES string of the molecule is CC(N)C1CCCCN1C(=O)CCCNC(=O)c1ccc(Cl)cc1. The van der Waals surface area contributed by atoms with Crippen LogP contribution in [-0.2, 0) is 4.79 Å². The Morgan fingerprint density at radius 2 is 2.04 bits per heavy atom. The van der Waals surface area contributed by atoms with Crippen molar-refractivity contribution in [2.45, 2.75) is 51.1 Å². The summed E-state index contributed by atoms with van der Waals surface area (Å²) in [7, 11) is 0. The zero-order chi connectivity index (χ0) is 17.5. The fourth-order valence-electron chi connectivity index (χ4n) is 3.10. The Morgan fingerprint density at radius 3 is 2.71 bits per heavy atom. The van der Waals surface area contributed by atoms with E-state index in [-0.39, 0.29) is 23.9 Å². The Kier molecular flexibility index (Phi) is 7.06. The number of benzene rings is 1. The van der Waals surface area contributed by atoms with E-state index < -0.39 is 0 Å². The van der Waals surface area contributed by atoms with Crippen LogP contribution in [0.3, 0.4) is 0 Å². The molecule has 1 aromatic rings. The van der Waals surface area contributed by atoms with Gasteiger partial charge < -0.3 is 16.0 Å². The van der Waals surface area contributed by atoms with Gasteiger partial charge >= 0.3 is 0 Å². The topological polar surface area (TPSA) is 75.4 Å². The van der Waals surface area contributed by atoms with E-state index in [1.54, 1.807) is 24.3 Å². The maximum atomic E-state index is 12.4. The van der Waals surface area contributed by atoms with Crippen LogP contribution in [0.5, 0.6) is 0 Å². The first-order valence-corrected chi connectivity index (χ1v) is 8.95. The van der Waals surface area contributed by atoms with Crippen LogP contribution in [0.15, 0.2) is 24.3 Å². The van der Waals surface area contributed by atoms with Crippen molar-refractivity contribution in [3.63, 3.8) is 0 Å². The van der Waals surface area contributed by atoms with Crippen LogP contribution in [0.2, 0.25) is 5.02 Å². The molecule has 1 saturated heterocycles. The third kappa shape index (κ3) is 5.21. The Balaban J connectivity index is 1.74. The Hall–Kier alpha value is -1.59. The predicted octanol–water partition coefficient (Wildman–Crippen LogP) is 2.58. The number of piperidine rings is 1. The van der Waals surface area contributed by atoms with Gasteiger partial charge in [0.1, 0.15) is 0 Å². The molecule has 2 atom stereocenters. The van der Waals surface area contributed by atoms with E-state index in [1.165, 1.54) is 0 Å². The van der Waals surface area contributed by atoms with Crippen molar-refractivity contribution in [1.29, 1.82) is 0 Å². The minimum atomic E-state index is -0.148. The highest BCUT2D eigenvalue weighted by molar-refractivity contribution is 6.30. The zero-order valence-electron chi connectivity index (χ0n) is 14.1. The highest BCUT2D eigenvalue weighted by atomic mass is 35.5. The van der Waals surface area contributed by atoms with E-state index in [0.717, 1.165) is 25.8 Å². The first-order chi connectivity index (χ1) is 11.5. The summed E-state index contributed by atoms with van der Waals surface area (Å²) in [6, 6.07) is 6.89. The quantitative estimate of drug-likeness (QED) is 0.773. The van der Waals surface area contributed by atoms with Gasteiger partial charge in [-0.05, 0) is 56.9 Å². The van der Waals surface area contributed by atoms with Gasteiger partial charge in [0, 0.05) is 42.2 Å². The van der Waals surface area contributed by atoms with Gasteiger partial charge in [-0.2, -0.15) is 0 Å². The second kappa shape index (κ2) is 9.04. The van der Waals surface area contributed by atoms with E-state index in [9.17, 15) is 9.59 Å². The van der Waals surface area contributed by atoms with Crippen LogP contribution in [0.4, 0.5) is 0 Å². The number of amides is 2. The van der Waals surface area contributed by atoms with E-state index in [0.29, 0.717) is 30.0 Å². The third-order valence-corrected chi connectivity index (χ3v) is 4.69. The molecule has 0 radical (unpaired) electrons. The summed E-state index contributed by atoms with van der Waals surface area (Å²) in [4.78, 5) is 26.3. The number of rotatable bonds is 6. The number of nitrogens with zero attached hydrogens (tertiary/aromatic N) is 1. The summed E-state index contributed by atoms with van der Waals surface area (Å²) in [5, 5.41) is 3.43. The van der Waals surface area contributed by atoms with Crippen molar-refractivity contribution in [2.24, 2.45) is 5.73 Å².